The number of carbonyl (C=O) groups excluding carboxylic acids is 1. The molecule has 0 aromatic carbocycles. The van der Waals surface area contributed by atoms with Gasteiger partial charge in [0, 0.05) is 18.2 Å². The van der Waals surface area contributed by atoms with Gasteiger partial charge in [0.25, 0.3) is 0 Å². The lowest BCUT2D eigenvalue weighted by atomic mass is 9.85. The van der Waals surface area contributed by atoms with Crippen LogP contribution in [-0.4, -0.2) is 10.8 Å². The third kappa shape index (κ3) is 1.32. The number of rotatable bonds is 0. The number of aryl methyl sites for hydroxylation is 1. The van der Waals surface area contributed by atoms with E-state index in [1.54, 1.807) is 0 Å². The van der Waals surface area contributed by atoms with Crippen LogP contribution in [-0.2, 0) is 12.8 Å². The summed E-state index contributed by atoms with van der Waals surface area (Å²) in [4.78, 5) is 16.2. The van der Waals surface area contributed by atoms with Crippen LogP contribution in [0.3, 0.4) is 0 Å². The summed E-state index contributed by atoms with van der Waals surface area (Å²) in [6, 6.07) is 0. The topological polar surface area (TPSA) is 30.0 Å². The van der Waals surface area contributed by atoms with E-state index in [0.29, 0.717) is 6.42 Å². The Morgan fingerprint density at radius 2 is 2.07 bits per heavy atom. The molecule has 0 bridgehead atoms. The lowest BCUT2D eigenvalue weighted by Crippen LogP contribution is -2.15. The van der Waals surface area contributed by atoms with E-state index in [1.165, 1.54) is 24.0 Å². The largest absolute Gasteiger partial charge is 0.294 e. The molecule has 2 nitrogen and oxygen atoms in total. The van der Waals surface area contributed by atoms with Gasteiger partial charge in [-0.25, -0.2) is 0 Å². The number of fused-ring (bicyclic) bond motifs is 3. The molecule has 15 heavy (non-hydrogen) atoms. The molecule has 0 amide bonds. The molecule has 0 saturated carbocycles. The molecule has 0 aliphatic heterocycles. The smallest absolute Gasteiger partial charge is 0.169 e. The van der Waals surface area contributed by atoms with Gasteiger partial charge in [-0.3, -0.25) is 9.78 Å². The average molecular weight is 199 g/mol. The van der Waals surface area contributed by atoms with Crippen LogP contribution in [0.2, 0.25) is 0 Å². The zero-order valence-electron chi connectivity index (χ0n) is 8.62. The first-order valence-electron chi connectivity index (χ1n) is 5.57. The molecule has 1 aromatic rings. The van der Waals surface area contributed by atoms with Gasteiger partial charge in [0.05, 0.1) is 5.69 Å². The van der Waals surface area contributed by atoms with Crippen molar-refractivity contribution in [2.24, 2.45) is 0 Å². The molecule has 0 unspecified atom stereocenters. The number of carbonyl (C=O) groups is 1. The highest BCUT2D eigenvalue weighted by Gasteiger charge is 2.22. The van der Waals surface area contributed by atoms with E-state index in [4.69, 9.17) is 0 Å². The maximum atomic E-state index is 11.9. The Morgan fingerprint density at radius 3 is 3.00 bits per heavy atom. The lowest BCUT2D eigenvalue weighted by molar-refractivity contribution is 0.0993. The van der Waals surface area contributed by atoms with Crippen molar-refractivity contribution >= 4 is 11.9 Å². The molecular weight excluding hydrogens is 186 g/mol. The number of ketones is 1. The molecule has 2 aliphatic carbocycles. The van der Waals surface area contributed by atoms with Gasteiger partial charge in [0.2, 0.25) is 0 Å². The van der Waals surface area contributed by atoms with Crippen LogP contribution < -0.4 is 0 Å². The van der Waals surface area contributed by atoms with Crippen molar-refractivity contribution in [2.45, 2.75) is 32.1 Å². The van der Waals surface area contributed by atoms with Gasteiger partial charge in [0.1, 0.15) is 0 Å². The minimum atomic E-state index is 0.249. The molecule has 1 heterocycles. The van der Waals surface area contributed by atoms with E-state index in [1.807, 2.05) is 18.3 Å². The van der Waals surface area contributed by atoms with Crippen molar-refractivity contribution in [2.75, 3.05) is 0 Å². The van der Waals surface area contributed by atoms with Gasteiger partial charge in [-0.15, -0.1) is 0 Å². The third-order valence-corrected chi connectivity index (χ3v) is 3.29. The Labute approximate surface area is 89.0 Å². The van der Waals surface area contributed by atoms with Crippen molar-refractivity contribution in [1.29, 1.82) is 0 Å². The first kappa shape index (κ1) is 8.84. The second-order valence-corrected chi connectivity index (χ2v) is 4.26. The zero-order valence-corrected chi connectivity index (χ0v) is 8.62. The summed E-state index contributed by atoms with van der Waals surface area (Å²) in [5.74, 6) is 0.249. The van der Waals surface area contributed by atoms with E-state index in [0.717, 1.165) is 24.1 Å². The Kier molecular flexibility index (Phi) is 1.94. The Hall–Kier alpha value is -1.44. The molecule has 0 fully saturated rings. The standard InChI is InChI=1S/C13H13NO/c15-12-7-3-6-11-13(12)10-5-2-1-4-9(10)8-14-11/h3,6,8H,1-2,4-5,7H2. The number of hydrogen-bond donors (Lipinski definition) is 0. The highest BCUT2D eigenvalue weighted by atomic mass is 16.1. The summed E-state index contributed by atoms with van der Waals surface area (Å²) in [6.07, 6.45) is 11.0. The molecule has 3 rings (SSSR count). The summed E-state index contributed by atoms with van der Waals surface area (Å²) in [7, 11) is 0. The molecule has 0 radical (unpaired) electrons. The minimum Gasteiger partial charge on any atom is -0.294 e. The van der Waals surface area contributed by atoms with Gasteiger partial charge in [-0.1, -0.05) is 6.08 Å². The van der Waals surface area contributed by atoms with Gasteiger partial charge in [0.15, 0.2) is 5.78 Å². The van der Waals surface area contributed by atoms with Gasteiger partial charge in [-0.2, -0.15) is 0 Å². The number of Topliss-reactive ketones (excluding diaryl/α,β-unsaturated/α-hetero) is 1. The second kappa shape index (κ2) is 3.30. The van der Waals surface area contributed by atoms with E-state index in [9.17, 15) is 4.79 Å². The van der Waals surface area contributed by atoms with E-state index < -0.39 is 0 Å². The summed E-state index contributed by atoms with van der Waals surface area (Å²) >= 11 is 0. The van der Waals surface area contributed by atoms with Gasteiger partial charge in [-0.05, 0) is 42.9 Å². The number of pyridine rings is 1. The fourth-order valence-electron chi connectivity index (χ4n) is 2.54. The highest BCUT2D eigenvalue weighted by Crippen LogP contribution is 2.29. The van der Waals surface area contributed by atoms with Gasteiger partial charge >= 0.3 is 0 Å². The first-order chi connectivity index (χ1) is 7.36. The number of nitrogens with zero attached hydrogens (tertiary/aromatic N) is 1. The minimum absolute atomic E-state index is 0.249. The van der Waals surface area contributed by atoms with Crippen LogP contribution in [0.5, 0.6) is 0 Å². The van der Waals surface area contributed by atoms with Crippen LogP contribution in [0.25, 0.3) is 6.08 Å². The van der Waals surface area contributed by atoms with E-state index >= 15 is 0 Å². The molecule has 0 spiro atoms. The van der Waals surface area contributed by atoms with Crippen molar-refractivity contribution in [3.05, 3.63) is 34.7 Å². The lowest BCUT2D eigenvalue weighted by Gasteiger charge is -2.21. The second-order valence-electron chi connectivity index (χ2n) is 4.26. The number of allylic oxidation sites excluding steroid dienone is 1. The van der Waals surface area contributed by atoms with Crippen molar-refractivity contribution in [3.63, 3.8) is 0 Å². The summed E-state index contributed by atoms with van der Waals surface area (Å²) < 4.78 is 0. The summed E-state index contributed by atoms with van der Waals surface area (Å²) in [6.45, 7) is 0. The first-order valence-corrected chi connectivity index (χ1v) is 5.57. The summed E-state index contributed by atoms with van der Waals surface area (Å²) in [5.41, 5.74) is 4.37. The van der Waals surface area contributed by atoms with E-state index in [2.05, 4.69) is 4.98 Å². The van der Waals surface area contributed by atoms with Gasteiger partial charge < -0.3 is 0 Å². The quantitative estimate of drug-likeness (QED) is 0.642. The normalized spacial score (nSPS) is 18.5. The monoisotopic (exact) mass is 199 g/mol. The van der Waals surface area contributed by atoms with Crippen molar-refractivity contribution in [3.8, 4) is 0 Å². The van der Waals surface area contributed by atoms with Crippen LogP contribution in [0.1, 0.15) is 46.4 Å². The predicted molar refractivity (Wildman–Crippen MR) is 58.9 cm³/mol. The highest BCUT2D eigenvalue weighted by molar-refractivity contribution is 6.03. The molecule has 0 saturated heterocycles. The Balaban J connectivity index is 2.25. The van der Waals surface area contributed by atoms with Crippen molar-refractivity contribution in [1.82, 2.24) is 4.98 Å². The average Bonchev–Trinajstić information content (AvgIpc) is 2.29. The van der Waals surface area contributed by atoms with Crippen LogP contribution >= 0.6 is 0 Å². The molecule has 0 atom stereocenters. The maximum Gasteiger partial charge on any atom is 0.169 e. The summed E-state index contributed by atoms with van der Waals surface area (Å²) in [5, 5.41) is 0. The van der Waals surface area contributed by atoms with Crippen LogP contribution in [0.15, 0.2) is 12.3 Å². The van der Waals surface area contributed by atoms with Crippen LogP contribution in [0.4, 0.5) is 0 Å². The maximum absolute atomic E-state index is 11.9. The molecule has 1 aromatic heterocycles. The Bertz CT molecular complexity index is 460. The third-order valence-electron chi connectivity index (χ3n) is 3.29. The molecular formula is C13H13NO. The van der Waals surface area contributed by atoms with E-state index in [-0.39, 0.29) is 5.78 Å². The predicted octanol–water partition coefficient (Wildman–Crippen LogP) is 2.56. The number of aromatic nitrogens is 1. The fourth-order valence-corrected chi connectivity index (χ4v) is 2.54. The van der Waals surface area contributed by atoms with Crippen molar-refractivity contribution < 1.29 is 4.79 Å². The molecule has 2 heteroatoms. The molecule has 76 valence electrons. The van der Waals surface area contributed by atoms with Crippen LogP contribution in [0, 0.1) is 0 Å². The zero-order chi connectivity index (χ0) is 10.3. The molecule has 0 N–H and O–H groups in total. The Morgan fingerprint density at radius 1 is 1.20 bits per heavy atom. The number of hydrogen-bond acceptors (Lipinski definition) is 2. The molecule has 2 aliphatic rings. The SMILES string of the molecule is O=C1CC=Cc2ncc3c(c21)CCCC3. The fraction of sp³-hybridized carbons (Fsp3) is 0.385.